The molecule has 0 amide bonds. The third-order valence-corrected chi connectivity index (χ3v) is 8.09. The first-order valence-electron chi connectivity index (χ1n) is 12.7. The summed E-state index contributed by atoms with van der Waals surface area (Å²) in [5.74, 6) is -0.133. The number of aromatic nitrogens is 1. The standard InChI is InChI=1S/C31H26Cl2N2O4S/c1-4-24-26(30(37)38-3)27(21-11-6-5-7-12-21)35-29(36)25(40-31(35)34-24)16-20-14-22(32)28(23(33)15-20)39-17-19-10-8-9-18(2)13-19/h5-16,27H,4,17H2,1-3H3/b25-16-/t27-/m0/s1. The normalized spacial score (nSPS) is 15.0. The van der Waals surface area contributed by atoms with Crippen molar-refractivity contribution in [2.45, 2.75) is 32.9 Å². The Balaban J connectivity index is 1.57. The van der Waals surface area contributed by atoms with Crippen LogP contribution in [0.15, 0.2) is 87.8 Å². The summed E-state index contributed by atoms with van der Waals surface area (Å²) >= 11 is 14.4. The lowest BCUT2D eigenvalue weighted by atomic mass is 9.95. The van der Waals surface area contributed by atoms with Crippen molar-refractivity contribution in [2.75, 3.05) is 7.11 Å². The topological polar surface area (TPSA) is 69.9 Å². The van der Waals surface area contributed by atoms with Crippen LogP contribution in [-0.2, 0) is 16.1 Å². The van der Waals surface area contributed by atoms with Gasteiger partial charge in [-0.25, -0.2) is 9.79 Å². The molecule has 204 valence electrons. The van der Waals surface area contributed by atoms with Crippen LogP contribution in [0.2, 0.25) is 10.0 Å². The fourth-order valence-corrected chi connectivity index (χ4v) is 6.36. The Morgan fingerprint density at radius 1 is 1.07 bits per heavy atom. The van der Waals surface area contributed by atoms with Crippen LogP contribution in [-0.4, -0.2) is 17.6 Å². The highest BCUT2D eigenvalue weighted by Crippen LogP contribution is 2.35. The summed E-state index contributed by atoms with van der Waals surface area (Å²) in [6.07, 6.45) is 2.23. The zero-order valence-corrected chi connectivity index (χ0v) is 24.4. The van der Waals surface area contributed by atoms with E-state index >= 15 is 0 Å². The van der Waals surface area contributed by atoms with Crippen LogP contribution in [0.4, 0.5) is 0 Å². The molecule has 40 heavy (non-hydrogen) atoms. The molecule has 1 aromatic heterocycles. The third kappa shape index (κ3) is 5.50. The van der Waals surface area contributed by atoms with Gasteiger partial charge >= 0.3 is 5.97 Å². The number of ether oxygens (including phenoxy) is 2. The second-order valence-corrected chi connectivity index (χ2v) is 11.1. The van der Waals surface area contributed by atoms with Crippen molar-refractivity contribution in [1.29, 1.82) is 0 Å². The molecule has 0 bridgehead atoms. The maximum absolute atomic E-state index is 13.8. The molecule has 3 aromatic carbocycles. The summed E-state index contributed by atoms with van der Waals surface area (Å²) < 4.78 is 13.0. The number of carbonyl (C=O) groups is 1. The van der Waals surface area contributed by atoms with E-state index in [0.29, 0.717) is 55.0 Å². The Labute approximate surface area is 245 Å². The third-order valence-electron chi connectivity index (χ3n) is 6.55. The SMILES string of the molecule is CCC1=C(C(=O)OC)[C@H](c2ccccc2)n2c(s/c(=C\c3cc(Cl)c(OCc4cccc(C)c4)c(Cl)c3)c2=O)=N1. The number of thiazole rings is 1. The number of benzene rings is 3. The lowest BCUT2D eigenvalue weighted by Crippen LogP contribution is -2.40. The molecule has 0 N–H and O–H groups in total. The summed E-state index contributed by atoms with van der Waals surface area (Å²) in [5.41, 5.74) is 4.24. The number of carbonyl (C=O) groups excluding carboxylic acids is 1. The Hall–Kier alpha value is -3.65. The number of nitrogens with zero attached hydrogens (tertiary/aromatic N) is 2. The van der Waals surface area contributed by atoms with Gasteiger partial charge in [0.05, 0.1) is 39.0 Å². The Morgan fingerprint density at radius 3 is 2.45 bits per heavy atom. The molecule has 0 saturated carbocycles. The minimum absolute atomic E-state index is 0.277. The van der Waals surface area contributed by atoms with E-state index < -0.39 is 12.0 Å². The minimum atomic E-state index is -0.661. The molecule has 0 unspecified atom stereocenters. The molecule has 2 heterocycles. The largest absolute Gasteiger partial charge is 0.486 e. The van der Waals surface area contributed by atoms with Gasteiger partial charge in [0.25, 0.3) is 5.56 Å². The first-order valence-corrected chi connectivity index (χ1v) is 14.2. The number of allylic oxidation sites excluding steroid dienone is 1. The number of esters is 1. The number of rotatable bonds is 7. The average Bonchev–Trinajstić information content (AvgIpc) is 3.25. The van der Waals surface area contributed by atoms with Gasteiger partial charge in [-0.3, -0.25) is 9.36 Å². The quantitative estimate of drug-likeness (QED) is 0.247. The molecular weight excluding hydrogens is 567 g/mol. The van der Waals surface area contributed by atoms with Crippen molar-refractivity contribution in [2.24, 2.45) is 4.99 Å². The van der Waals surface area contributed by atoms with Gasteiger partial charge in [-0.1, -0.05) is 102 Å². The van der Waals surface area contributed by atoms with Crippen molar-refractivity contribution < 1.29 is 14.3 Å². The molecule has 0 fully saturated rings. The van der Waals surface area contributed by atoms with Crippen LogP contribution < -0.4 is 19.6 Å². The summed E-state index contributed by atoms with van der Waals surface area (Å²) in [7, 11) is 1.33. The number of hydrogen-bond acceptors (Lipinski definition) is 6. The highest BCUT2D eigenvalue weighted by molar-refractivity contribution is 7.07. The van der Waals surface area contributed by atoms with Crippen LogP contribution in [0.25, 0.3) is 6.08 Å². The van der Waals surface area contributed by atoms with Gasteiger partial charge in [0.15, 0.2) is 10.6 Å². The van der Waals surface area contributed by atoms with Gasteiger partial charge in [-0.2, -0.15) is 0 Å². The number of hydrogen-bond donors (Lipinski definition) is 0. The van der Waals surface area contributed by atoms with E-state index in [9.17, 15) is 9.59 Å². The summed E-state index contributed by atoms with van der Waals surface area (Å²) in [6.45, 7) is 4.26. The average molecular weight is 594 g/mol. The van der Waals surface area contributed by atoms with E-state index in [2.05, 4.69) is 4.99 Å². The van der Waals surface area contributed by atoms with E-state index in [1.54, 1.807) is 22.8 Å². The molecule has 0 aliphatic carbocycles. The highest BCUT2D eigenvalue weighted by atomic mass is 35.5. The van der Waals surface area contributed by atoms with E-state index in [1.165, 1.54) is 18.4 Å². The molecule has 9 heteroatoms. The summed E-state index contributed by atoms with van der Waals surface area (Å²) in [5, 5.41) is 0.671. The van der Waals surface area contributed by atoms with Gasteiger partial charge < -0.3 is 9.47 Å². The van der Waals surface area contributed by atoms with Gasteiger partial charge in [0, 0.05) is 0 Å². The monoisotopic (exact) mass is 592 g/mol. The smallest absolute Gasteiger partial charge is 0.338 e. The zero-order valence-electron chi connectivity index (χ0n) is 22.1. The van der Waals surface area contributed by atoms with Gasteiger partial charge in [0.2, 0.25) is 0 Å². The Morgan fingerprint density at radius 2 is 1.80 bits per heavy atom. The first kappa shape index (κ1) is 27.9. The Bertz CT molecular complexity index is 1790. The second-order valence-electron chi connectivity index (χ2n) is 9.29. The molecule has 5 rings (SSSR count). The van der Waals surface area contributed by atoms with Crippen molar-refractivity contribution in [3.63, 3.8) is 0 Å². The highest BCUT2D eigenvalue weighted by Gasteiger charge is 2.33. The van der Waals surface area contributed by atoms with E-state index in [1.807, 2.05) is 68.4 Å². The molecule has 0 radical (unpaired) electrons. The molecule has 6 nitrogen and oxygen atoms in total. The predicted octanol–water partition coefficient (Wildman–Crippen LogP) is 5.99. The molecule has 1 atom stereocenters. The van der Waals surface area contributed by atoms with Crippen LogP contribution in [0.5, 0.6) is 5.75 Å². The van der Waals surface area contributed by atoms with Crippen molar-refractivity contribution in [3.05, 3.63) is 130 Å². The van der Waals surface area contributed by atoms with Gasteiger partial charge in [0.1, 0.15) is 6.61 Å². The molecule has 4 aromatic rings. The van der Waals surface area contributed by atoms with Crippen LogP contribution >= 0.6 is 34.5 Å². The van der Waals surface area contributed by atoms with Crippen molar-refractivity contribution in [3.8, 4) is 5.75 Å². The first-order chi connectivity index (χ1) is 19.3. The van der Waals surface area contributed by atoms with Gasteiger partial charge in [-0.15, -0.1) is 0 Å². The van der Waals surface area contributed by atoms with Gasteiger partial charge in [-0.05, 0) is 48.2 Å². The lowest BCUT2D eigenvalue weighted by Gasteiger charge is -2.25. The van der Waals surface area contributed by atoms with E-state index in [4.69, 9.17) is 32.7 Å². The maximum Gasteiger partial charge on any atom is 0.338 e. The van der Waals surface area contributed by atoms with E-state index in [0.717, 1.165) is 16.7 Å². The minimum Gasteiger partial charge on any atom is -0.486 e. The van der Waals surface area contributed by atoms with Crippen LogP contribution in [0.3, 0.4) is 0 Å². The van der Waals surface area contributed by atoms with Crippen molar-refractivity contribution >= 4 is 46.6 Å². The summed E-state index contributed by atoms with van der Waals surface area (Å²) in [6, 6.07) is 20.2. The molecule has 1 aliphatic heterocycles. The predicted molar refractivity (Wildman–Crippen MR) is 159 cm³/mol. The van der Waals surface area contributed by atoms with Crippen LogP contribution in [0, 0.1) is 6.92 Å². The fraction of sp³-hybridized carbons (Fsp3) is 0.194. The molecule has 0 saturated heterocycles. The van der Waals surface area contributed by atoms with E-state index in [-0.39, 0.29) is 5.56 Å². The summed E-state index contributed by atoms with van der Waals surface area (Å²) in [4.78, 5) is 31.9. The zero-order chi connectivity index (χ0) is 28.4. The molecule has 1 aliphatic rings. The number of methoxy groups -OCH3 is 1. The lowest BCUT2D eigenvalue weighted by molar-refractivity contribution is -0.136. The number of fused-ring (bicyclic) bond motifs is 1. The number of aryl methyl sites for hydroxylation is 1. The van der Waals surface area contributed by atoms with Crippen molar-refractivity contribution in [1.82, 2.24) is 4.57 Å². The van der Waals surface area contributed by atoms with Crippen LogP contribution in [0.1, 0.15) is 41.6 Å². The maximum atomic E-state index is 13.8. The second kappa shape index (κ2) is 11.8. The molecule has 0 spiro atoms. The number of halogens is 2. The molecular formula is C31H26Cl2N2O4S. The fourth-order valence-electron chi connectivity index (χ4n) is 4.72. The Kier molecular flexibility index (Phi) is 8.26.